The van der Waals surface area contributed by atoms with E-state index < -0.39 is 0 Å². The Bertz CT molecular complexity index is 405. The Labute approximate surface area is 122 Å². The molecule has 0 aromatic rings. The molecule has 1 aliphatic heterocycles. The molecular weight excluding hydrogens is 248 g/mol. The molecule has 4 rings (SSSR count). The fourth-order valence-corrected chi connectivity index (χ4v) is 5.64. The van der Waals surface area contributed by atoms with Gasteiger partial charge in [0.1, 0.15) is 0 Å². The average molecular weight is 276 g/mol. The van der Waals surface area contributed by atoms with Crippen LogP contribution in [0.1, 0.15) is 52.9 Å². The van der Waals surface area contributed by atoms with Gasteiger partial charge in [-0.25, -0.2) is 0 Å². The molecule has 3 nitrogen and oxygen atoms in total. The standard InChI is InChI=1S/C17H28N2O/c1-4-12-17(20)19(13(18-12)7-9(2)3)16-14-10-5-6-11(8-10)15(14)16/h9-16,18H,4-8H2,1-3H3. The molecule has 6 atom stereocenters. The molecule has 6 unspecified atom stereocenters. The average Bonchev–Trinajstić information content (AvgIpc) is 2.74. The van der Waals surface area contributed by atoms with Gasteiger partial charge in [-0.1, -0.05) is 20.8 Å². The quantitative estimate of drug-likeness (QED) is 0.856. The highest BCUT2D eigenvalue weighted by atomic mass is 16.2. The van der Waals surface area contributed by atoms with Crippen molar-refractivity contribution in [3.8, 4) is 0 Å². The molecule has 4 fully saturated rings. The summed E-state index contributed by atoms with van der Waals surface area (Å²) in [7, 11) is 0. The summed E-state index contributed by atoms with van der Waals surface area (Å²) in [6.07, 6.45) is 6.68. The monoisotopic (exact) mass is 276 g/mol. The summed E-state index contributed by atoms with van der Waals surface area (Å²) in [4.78, 5) is 15.0. The van der Waals surface area contributed by atoms with Crippen LogP contribution in [0.25, 0.3) is 0 Å². The highest BCUT2D eigenvalue weighted by Crippen LogP contribution is 2.67. The lowest BCUT2D eigenvalue weighted by molar-refractivity contribution is -0.131. The van der Waals surface area contributed by atoms with Crippen molar-refractivity contribution in [3.05, 3.63) is 0 Å². The number of nitrogens with one attached hydrogen (secondary N) is 1. The summed E-state index contributed by atoms with van der Waals surface area (Å²) in [5, 5.41) is 3.61. The number of rotatable bonds is 4. The molecule has 0 aromatic heterocycles. The zero-order valence-corrected chi connectivity index (χ0v) is 13.0. The molecular formula is C17H28N2O. The summed E-state index contributed by atoms with van der Waals surface area (Å²) in [6, 6.07) is 0.680. The van der Waals surface area contributed by atoms with Gasteiger partial charge in [-0.05, 0) is 61.7 Å². The molecule has 20 heavy (non-hydrogen) atoms. The largest absolute Gasteiger partial charge is 0.322 e. The van der Waals surface area contributed by atoms with Crippen molar-refractivity contribution < 1.29 is 4.79 Å². The van der Waals surface area contributed by atoms with Gasteiger partial charge in [0, 0.05) is 6.04 Å². The Morgan fingerprint density at radius 1 is 1.25 bits per heavy atom. The Kier molecular flexibility index (Phi) is 2.93. The topological polar surface area (TPSA) is 32.3 Å². The van der Waals surface area contributed by atoms with E-state index in [1.165, 1.54) is 19.3 Å². The fourth-order valence-electron chi connectivity index (χ4n) is 5.64. The first kappa shape index (κ1) is 13.1. The van der Waals surface area contributed by atoms with Crippen LogP contribution in [0.3, 0.4) is 0 Å². The van der Waals surface area contributed by atoms with Crippen molar-refractivity contribution in [1.29, 1.82) is 0 Å². The zero-order valence-electron chi connectivity index (χ0n) is 13.0. The lowest BCUT2D eigenvalue weighted by Crippen LogP contribution is -2.42. The first-order valence-corrected chi connectivity index (χ1v) is 8.70. The van der Waals surface area contributed by atoms with E-state index in [2.05, 4.69) is 31.0 Å². The second-order valence-corrected chi connectivity index (χ2v) is 8.00. The predicted molar refractivity (Wildman–Crippen MR) is 78.9 cm³/mol. The van der Waals surface area contributed by atoms with Crippen LogP contribution in [0, 0.1) is 29.6 Å². The molecule has 3 heteroatoms. The van der Waals surface area contributed by atoms with Crippen LogP contribution >= 0.6 is 0 Å². The molecule has 0 aromatic carbocycles. The van der Waals surface area contributed by atoms with Gasteiger partial charge in [-0.15, -0.1) is 0 Å². The third kappa shape index (κ3) is 1.71. The van der Waals surface area contributed by atoms with E-state index in [4.69, 9.17) is 0 Å². The van der Waals surface area contributed by atoms with Gasteiger partial charge in [0.25, 0.3) is 0 Å². The van der Waals surface area contributed by atoms with Crippen molar-refractivity contribution in [2.75, 3.05) is 0 Å². The minimum Gasteiger partial charge on any atom is -0.322 e. The highest BCUT2D eigenvalue weighted by Gasteiger charge is 2.69. The Hall–Kier alpha value is -0.570. The Morgan fingerprint density at radius 2 is 1.90 bits per heavy atom. The first-order valence-electron chi connectivity index (χ1n) is 8.70. The van der Waals surface area contributed by atoms with Crippen molar-refractivity contribution in [3.63, 3.8) is 0 Å². The number of hydrogen-bond donors (Lipinski definition) is 1. The van der Waals surface area contributed by atoms with Crippen LogP contribution < -0.4 is 5.32 Å². The van der Waals surface area contributed by atoms with Gasteiger partial charge in [0.15, 0.2) is 0 Å². The number of carbonyl (C=O) groups is 1. The molecule has 1 N–H and O–H groups in total. The summed E-state index contributed by atoms with van der Waals surface area (Å²) in [6.45, 7) is 6.66. The zero-order chi connectivity index (χ0) is 14.0. The fraction of sp³-hybridized carbons (Fsp3) is 0.941. The highest BCUT2D eigenvalue weighted by molar-refractivity contribution is 5.85. The van der Waals surface area contributed by atoms with E-state index >= 15 is 0 Å². The smallest absolute Gasteiger partial charge is 0.241 e. The van der Waals surface area contributed by atoms with Crippen molar-refractivity contribution in [2.45, 2.75) is 71.1 Å². The number of carbonyl (C=O) groups excluding carboxylic acids is 1. The van der Waals surface area contributed by atoms with Crippen LogP contribution in [-0.4, -0.2) is 29.1 Å². The first-order chi connectivity index (χ1) is 9.61. The van der Waals surface area contributed by atoms with Crippen LogP contribution in [-0.2, 0) is 4.79 Å². The van der Waals surface area contributed by atoms with Crippen LogP contribution in [0.15, 0.2) is 0 Å². The van der Waals surface area contributed by atoms with Crippen LogP contribution in [0.4, 0.5) is 0 Å². The maximum atomic E-state index is 12.7. The van der Waals surface area contributed by atoms with Crippen molar-refractivity contribution >= 4 is 5.91 Å². The molecule has 0 spiro atoms. The second-order valence-electron chi connectivity index (χ2n) is 8.00. The third-order valence-electron chi connectivity index (χ3n) is 6.40. The van der Waals surface area contributed by atoms with Gasteiger partial charge >= 0.3 is 0 Å². The minimum absolute atomic E-state index is 0.0812. The van der Waals surface area contributed by atoms with E-state index in [0.717, 1.165) is 36.5 Å². The molecule has 1 heterocycles. The summed E-state index contributed by atoms with van der Waals surface area (Å²) >= 11 is 0. The second kappa shape index (κ2) is 4.46. The van der Waals surface area contributed by atoms with E-state index in [1.807, 2.05) is 0 Å². The van der Waals surface area contributed by atoms with E-state index in [0.29, 0.717) is 24.0 Å². The molecule has 4 aliphatic rings. The minimum atomic E-state index is 0.0812. The Morgan fingerprint density at radius 3 is 2.45 bits per heavy atom. The molecule has 112 valence electrons. The van der Waals surface area contributed by atoms with Crippen LogP contribution in [0.2, 0.25) is 0 Å². The summed E-state index contributed by atoms with van der Waals surface area (Å²) in [5.41, 5.74) is 0. The summed E-state index contributed by atoms with van der Waals surface area (Å²) in [5.74, 6) is 4.67. The summed E-state index contributed by atoms with van der Waals surface area (Å²) < 4.78 is 0. The van der Waals surface area contributed by atoms with Gasteiger partial charge < -0.3 is 4.90 Å². The number of fused-ring (bicyclic) bond motifs is 5. The van der Waals surface area contributed by atoms with Gasteiger partial charge in [-0.3, -0.25) is 10.1 Å². The number of amides is 1. The molecule has 1 amide bonds. The van der Waals surface area contributed by atoms with Gasteiger partial charge in [-0.2, -0.15) is 0 Å². The van der Waals surface area contributed by atoms with Gasteiger partial charge in [0.2, 0.25) is 5.91 Å². The normalized spacial score (nSPS) is 49.3. The number of nitrogens with zero attached hydrogens (tertiary/aromatic N) is 1. The molecule has 1 saturated heterocycles. The van der Waals surface area contributed by atoms with E-state index in [-0.39, 0.29) is 6.04 Å². The molecule has 3 saturated carbocycles. The Balaban J connectivity index is 1.54. The maximum Gasteiger partial charge on any atom is 0.241 e. The number of hydrogen-bond acceptors (Lipinski definition) is 2. The van der Waals surface area contributed by atoms with Gasteiger partial charge in [0.05, 0.1) is 12.2 Å². The molecule has 3 aliphatic carbocycles. The van der Waals surface area contributed by atoms with E-state index in [1.54, 1.807) is 0 Å². The van der Waals surface area contributed by atoms with Crippen molar-refractivity contribution in [2.24, 2.45) is 29.6 Å². The van der Waals surface area contributed by atoms with Crippen LogP contribution in [0.5, 0.6) is 0 Å². The molecule has 2 bridgehead atoms. The third-order valence-corrected chi connectivity index (χ3v) is 6.40. The predicted octanol–water partition coefficient (Wildman–Crippen LogP) is 2.61. The SMILES string of the molecule is CCC1NC(CC(C)C)N(C2C3C4CCC(C4)C32)C1=O. The van der Waals surface area contributed by atoms with E-state index in [9.17, 15) is 4.79 Å². The lowest BCUT2D eigenvalue weighted by atomic mass is 10.0. The molecule has 0 radical (unpaired) electrons. The maximum absolute atomic E-state index is 12.7. The lowest BCUT2D eigenvalue weighted by Gasteiger charge is -2.28. The van der Waals surface area contributed by atoms with Crippen molar-refractivity contribution in [1.82, 2.24) is 10.2 Å².